The molecule has 216 valence electrons. The van der Waals surface area contributed by atoms with E-state index in [0.717, 1.165) is 18.4 Å². The van der Waals surface area contributed by atoms with E-state index in [-0.39, 0.29) is 12.5 Å². The van der Waals surface area contributed by atoms with Gasteiger partial charge in [0.15, 0.2) is 12.6 Å². The number of fused-ring (bicyclic) bond motifs is 1. The zero-order chi connectivity index (χ0) is 27.0. The number of nitrogens with one attached hydrogen (secondary N) is 1. The van der Waals surface area contributed by atoms with Gasteiger partial charge in [-0.05, 0) is 6.42 Å². The summed E-state index contributed by atoms with van der Waals surface area (Å²) < 4.78 is 24.1. The van der Waals surface area contributed by atoms with Crippen LogP contribution in [0.4, 0.5) is 0 Å². The van der Waals surface area contributed by atoms with Gasteiger partial charge in [0.2, 0.25) is 5.91 Å². The molecule has 3 rings (SSSR count). The molecule has 0 bridgehead atoms. The largest absolute Gasteiger partial charge is 0.388 e. The van der Waals surface area contributed by atoms with Gasteiger partial charge in [0.05, 0.1) is 6.61 Å². The second-order valence-corrected chi connectivity index (χ2v) is 10.9. The first kappa shape index (κ1) is 31.0. The highest BCUT2D eigenvalue weighted by molar-refractivity contribution is 5.73. The standard InChI is InChI=1S/C31H51NO6/c1-3-4-5-6-7-8-9-10-11-12-13-14-15-19-22-35-31-27(32-24(2)33)28(34)29-26(37-31)23-36-30(38-29)25-20-17-16-18-21-25/h16-18,20-21,26-31,34H,3-15,19,22-23H2,1-2H3,(H,32,33)/t26-,27+,28+,29+,30+,31-/m1/s1. The molecule has 0 saturated carbocycles. The molecule has 0 aromatic heterocycles. The van der Waals surface area contributed by atoms with E-state index in [1.54, 1.807) is 0 Å². The lowest BCUT2D eigenvalue weighted by atomic mass is 9.95. The minimum atomic E-state index is -0.964. The van der Waals surface area contributed by atoms with E-state index in [4.69, 9.17) is 18.9 Å². The predicted octanol–water partition coefficient (Wildman–Crippen LogP) is 6.19. The molecule has 7 heteroatoms. The van der Waals surface area contributed by atoms with Crippen molar-refractivity contribution in [3.05, 3.63) is 35.9 Å². The molecule has 2 N–H and O–H groups in total. The summed E-state index contributed by atoms with van der Waals surface area (Å²) in [6.07, 6.45) is 14.9. The summed E-state index contributed by atoms with van der Waals surface area (Å²) in [4.78, 5) is 11.9. The predicted molar refractivity (Wildman–Crippen MR) is 149 cm³/mol. The van der Waals surface area contributed by atoms with Gasteiger partial charge >= 0.3 is 0 Å². The van der Waals surface area contributed by atoms with Gasteiger partial charge in [0, 0.05) is 19.1 Å². The molecule has 2 aliphatic rings. The highest BCUT2D eigenvalue weighted by Crippen LogP contribution is 2.34. The van der Waals surface area contributed by atoms with E-state index >= 15 is 0 Å². The third-order valence-electron chi connectivity index (χ3n) is 7.59. The number of carbonyl (C=O) groups excluding carboxylic acids is 1. The van der Waals surface area contributed by atoms with E-state index in [1.165, 1.54) is 84.0 Å². The summed E-state index contributed by atoms with van der Waals surface area (Å²) in [6.45, 7) is 4.51. The molecule has 38 heavy (non-hydrogen) atoms. The molecule has 2 aliphatic heterocycles. The summed E-state index contributed by atoms with van der Waals surface area (Å²) >= 11 is 0. The van der Waals surface area contributed by atoms with Crippen LogP contribution in [0.1, 0.15) is 116 Å². The van der Waals surface area contributed by atoms with Crippen LogP contribution >= 0.6 is 0 Å². The molecule has 0 spiro atoms. The number of hydrogen-bond donors (Lipinski definition) is 2. The number of carbonyl (C=O) groups is 1. The molecular weight excluding hydrogens is 482 g/mol. The first-order valence-electron chi connectivity index (χ1n) is 15.1. The Bertz CT molecular complexity index is 762. The summed E-state index contributed by atoms with van der Waals surface area (Å²) in [5.41, 5.74) is 0.880. The second kappa shape index (κ2) is 18.0. The molecule has 7 nitrogen and oxygen atoms in total. The van der Waals surface area contributed by atoms with Gasteiger partial charge in [-0.1, -0.05) is 121 Å². The molecule has 2 heterocycles. The van der Waals surface area contributed by atoms with Gasteiger partial charge in [-0.3, -0.25) is 4.79 Å². The third kappa shape index (κ3) is 10.6. The van der Waals surface area contributed by atoms with Gasteiger partial charge in [0.25, 0.3) is 0 Å². The maximum absolute atomic E-state index is 11.9. The fourth-order valence-corrected chi connectivity index (χ4v) is 5.40. The Morgan fingerprint density at radius 3 is 2.05 bits per heavy atom. The highest BCUT2D eigenvalue weighted by atomic mass is 16.7. The molecule has 6 atom stereocenters. The molecule has 1 amide bonds. The van der Waals surface area contributed by atoms with Crippen molar-refractivity contribution in [2.24, 2.45) is 0 Å². The van der Waals surface area contributed by atoms with E-state index in [0.29, 0.717) is 6.61 Å². The van der Waals surface area contributed by atoms with Crippen LogP contribution in [-0.4, -0.2) is 54.9 Å². The third-order valence-corrected chi connectivity index (χ3v) is 7.59. The van der Waals surface area contributed by atoms with Crippen LogP contribution in [0, 0.1) is 0 Å². The van der Waals surface area contributed by atoms with Crippen molar-refractivity contribution < 1.29 is 28.8 Å². The fourth-order valence-electron chi connectivity index (χ4n) is 5.40. The Labute approximate surface area is 230 Å². The van der Waals surface area contributed by atoms with Crippen LogP contribution < -0.4 is 5.32 Å². The molecule has 2 saturated heterocycles. The lowest BCUT2D eigenvalue weighted by molar-refractivity contribution is -0.344. The van der Waals surface area contributed by atoms with Crippen molar-refractivity contribution in [2.75, 3.05) is 13.2 Å². The number of benzene rings is 1. The van der Waals surface area contributed by atoms with Gasteiger partial charge in [-0.25, -0.2) is 0 Å². The molecule has 1 aromatic rings. The average Bonchev–Trinajstić information content (AvgIpc) is 2.93. The Morgan fingerprint density at radius 2 is 1.47 bits per heavy atom. The highest BCUT2D eigenvalue weighted by Gasteiger charge is 2.50. The maximum Gasteiger partial charge on any atom is 0.217 e. The zero-order valence-corrected chi connectivity index (χ0v) is 23.7. The number of rotatable bonds is 18. The molecular formula is C31H51NO6. The Morgan fingerprint density at radius 1 is 0.895 bits per heavy atom. The minimum Gasteiger partial charge on any atom is -0.388 e. The second-order valence-electron chi connectivity index (χ2n) is 10.9. The van der Waals surface area contributed by atoms with Gasteiger partial charge in [0.1, 0.15) is 24.4 Å². The Kier molecular flexibility index (Phi) is 14.7. The smallest absolute Gasteiger partial charge is 0.217 e. The molecule has 0 radical (unpaired) electrons. The van der Waals surface area contributed by atoms with Crippen LogP contribution in [-0.2, 0) is 23.7 Å². The molecule has 0 unspecified atom stereocenters. The summed E-state index contributed by atoms with van der Waals surface area (Å²) in [7, 11) is 0. The first-order valence-corrected chi connectivity index (χ1v) is 15.1. The fraction of sp³-hybridized carbons (Fsp3) is 0.774. The van der Waals surface area contributed by atoms with Crippen LogP contribution in [0.2, 0.25) is 0 Å². The van der Waals surface area contributed by atoms with Crippen molar-refractivity contribution in [1.29, 1.82) is 0 Å². The van der Waals surface area contributed by atoms with Gasteiger partial charge in [-0.2, -0.15) is 0 Å². The van der Waals surface area contributed by atoms with Crippen molar-refractivity contribution in [3.63, 3.8) is 0 Å². The van der Waals surface area contributed by atoms with Gasteiger partial charge in [-0.15, -0.1) is 0 Å². The van der Waals surface area contributed by atoms with E-state index in [2.05, 4.69) is 12.2 Å². The normalized spacial score (nSPS) is 27.1. The van der Waals surface area contributed by atoms with Gasteiger partial charge < -0.3 is 29.4 Å². The summed E-state index contributed by atoms with van der Waals surface area (Å²) in [6, 6.07) is 8.92. The summed E-state index contributed by atoms with van der Waals surface area (Å²) in [5, 5.41) is 13.9. The number of aliphatic hydroxyl groups is 1. The van der Waals surface area contributed by atoms with E-state index in [9.17, 15) is 9.90 Å². The van der Waals surface area contributed by atoms with Crippen molar-refractivity contribution in [1.82, 2.24) is 5.32 Å². The van der Waals surface area contributed by atoms with Crippen molar-refractivity contribution in [3.8, 4) is 0 Å². The number of aliphatic hydroxyl groups excluding tert-OH is 1. The van der Waals surface area contributed by atoms with Crippen molar-refractivity contribution >= 4 is 5.91 Å². The molecule has 0 aliphatic carbocycles. The van der Waals surface area contributed by atoms with E-state index < -0.39 is 36.9 Å². The SMILES string of the molecule is CCCCCCCCCCCCCCCCO[C@@H]1O[C@@H]2CO[C@H](c3ccccc3)O[C@@H]2[C@@H](O)[C@@H]1NC(C)=O. The zero-order valence-electron chi connectivity index (χ0n) is 23.7. The van der Waals surface area contributed by atoms with Crippen LogP contribution in [0.5, 0.6) is 0 Å². The molecule has 2 fully saturated rings. The Hall–Kier alpha value is -1.51. The Balaban J connectivity index is 1.30. The lowest BCUT2D eigenvalue weighted by Crippen LogP contribution is -2.66. The summed E-state index contributed by atoms with van der Waals surface area (Å²) in [5.74, 6) is -0.243. The number of ether oxygens (including phenoxy) is 4. The van der Waals surface area contributed by atoms with Crippen LogP contribution in [0.25, 0.3) is 0 Å². The number of unbranched alkanes of at least 4 members (excludes halogenated alkanes) is 13. The lowest BCUT2D eigenvalue weighted by Gasteiger charge is -2.47. The van der Waals surface area contributed by atoms with Crippen molar-refractivity contribution in [2.45, 2.75) is 141 Å². The average molecular weight is 534 g/mol. The quantitative estimate of drug-likeness (QED) is 0.219. The minimum absolute atomic E-state index is 0.243. The maximum atomic E-state index is 11.9. The van der Waals surface area contributed by atoms with Crippen LogP contribution in [0.3, 0.4) is 0 Å². The van der Waals surface area contributed by atoms with Crippen LogP contribution in [0.15, 0.2) is 30.3 Å². The monoisotopic (exact) mass is 533 g/mol. The molecule has 1 aromatic carbocycles. The topological polar surface area (TPSA) is 86.2 Å². The number of hydrogen-bond acceptors (Lipinski definition) is 6. The van der Waals surface area contributed by atoms with E-state index in [1.807, 2.05) is 30.3 Å². The number of amides is 1. The first-order chi connectivity index (χ1) is 18.6.